The van der Waals surface area contributed by atoms with Crippen LogP contribution in [0.2, 0.25) is 0 Å². The molecule has 0 aliphatic rings. The van der Waals surface area contributed by atoms with Crippen LogP contribution in [0.3, 0.4) is 0 Å². The first-order chi connectivity index (χ1) is 8.08. The summed E-state index contributed by atoms with van der Waals surface area (Å²) in [6, 6.07) is 0. The van der Waals surface area contributed by atoms with Crippen LogP contribution in [0.4, 0.5) is 0 Å². The molecule has 0 amide bonds. The fraction of sp³-hybridized carbons (Fsp3) is 0.692. The summed E-state index contributed by atoms with van der Waals surface area (Å²) in [5.41, 5.74) is -1.16. The second kappa shape index (κ2) is 7.87. The number of hydrogen-bond donors (Lipinski definition) is 0. The first-order valence-electron chi connectivity index (χ1n) is 5.95. The monoisotopic (exact) mass is 242 g/mol. The Morgan fingerprint density at radius 3 is 2.35 bits per heavy atom. The van der Waals surface area contributed by atoms with E-state index >= 15 is 0 Å². The first-order valence-corrected chi connectivity index (χ1v) is 5.95. The van der Waals surface area contributed by atoms with E-state index in [-0.39, 0.29) is 6.61 Å². The molecule has 0 saturated carbocycles. The molecule has 0 radical (unpaired) electrons. The smallest absolute Gasteiger partial charge is 0.323 e. The number of esters is 2. The largest absolute Gasteiger partial charge is 0.468 e. The van der Waals surface area contributed by atoms with Gasteiger partial charge in [-0.05, 0) is 12.8 Å². The maximum Gasteiger partial charge on any atom is 0.323 e. The molecule has 4 nitrogen and oxygen atoms in total. The molecule has 0 spiro atoms. The van der Waals surface area contributed by atoms with Gasteiger partial charge in [-0.2, -0.15) is 0 Å². The highest BCUT2D eigenvalue weighted by molar-refractivity contribution is 6.00. The SMILES string of the molecule is C=CCOC(=O)C(CC)(CCCC)C(=O)OC. The Labute approximate surface area is 103 Å². The number of rotatable bonds is 8. The Kier molecular flexibility index (Phi) is 7.26. The van der Waals surface area contributed by atoms with Gasteiger partial charge in [-0.25, -0.2) is 0 Å². The summed E-state index contributed by atoms with van der Waals surface area (Å²) in [6.45, 7) is 7.39. The second-order valence-corrected chi connectivity index (χ2v) is 3.92. The Hall–Kier alpha value is -1.32. The fourth-order valence-corrected chi connectivity index (χ4v) is 1.70. The van der Waals surface area contributed by atoms with Crippen molar-refractivity contribution >= 4 is 11.9 Å². The van der Waals surface area contributed by atoms with Crippen molar-refractivity contribution in [3.8, 4) is 0 Å². The second-order valence-electron chi connectivity index (χ2n) is 3.92. The zero-order valence-corrected chi connectivity index (χ0v) is 11.0. The number of carbonyl (C=O) groups is 2. The minimum Gasteiger partial charge on any atom is -0.468 e. The van der Waals surface area contributed by atoms with Crippen molar-refractivity contribution in [3.63, 3.8) is 0 Å². The molecule has 0 aliphatic carbocycles. The van der Waals surface area contributed by atoms with Gasteiger partial charge >= 0.3 is 11.9 Å². The number of carbonyl (C=O) groups excluding carboxylic acids is 2. The maximum atomic E-state index is 12.0. The molecule has 0 aliphatic heterocycles. The third-order valence-electron chi connectivity index (χ3n) is 2.86. The molecule has 0 aromatic heterocycles. The van der Waals surface area contributed by atoms with Gasteiger partial charge in [0.1, 0.15) is 6.61 Å². The maximum absolute atomic E-state index is 12.0. The van der Waals surface area contributed by atoms with E-state index in [4.69, 9.17) is 9.47 Å². The van der Waals surface area contributed by atoms with E-state index in [1.165, 1.54) is 13.2 Å². The van der Waals surface area contributed by atoms with E-state index in [1.807, 2.05) is 6.92 Å². The van der Waals surface area contributed by atoms with Crippen molar-refractivity contribution in [1.29, 1.82) is 0 Å². The number of methoxy groups -OCH3 is 1. The predicted octanol–water partition coefficient (Wildman–Crippen LogP) is 2.48. The summed E-state index contributed by atoms with van der Waals surface area (Å²) in [5, 5.41) is 0. The van der Waals surface area contributed by atoms with Gasteiger partial charge in [0.15, 0.2) is 5.41 Å². The lowest BCUT2D eigenvalue weighted by atomic mass is 9.80. The van der Waals surface area contributed by atoms with E-state index in [0.29, 0.717) is 12.8 Å². The van der Waals surface area contributed by atoms with Crippen LogP contribution in [0, 0.1) is 5.41 Å². The molecule has 4 heteroatoms. The summed E-state index contributed by atoms with van der Waals surface area (Å²) in [5.74, 6) is -1.03. The topological polar surface area (TPSA) is 52.6 Å². The lowest BCUT2D eigenvalue weighted by Gasteiger charge is -2.27. The average Bonchev–Trinajstić information content (AvgIpc) is 2.36. The van der Waals surface area contributed by atoms with Gasteiger partial charge in [0, 0.05) is 0 Å². The van der Waals surface area contributed by atoms with E-state index in [2.05, 4.69) is 6.58 Å². The zero-order valence-electron chi connectivity index (χ0n) is 11.0. The standard InChI is InChI=1S/C13H22O4/c1-5-8-9-13(7-3,11(14)16-4)12(15)17-10-6-2/h6H,2,5,7-10H2,1,3-4H3. The minimum atomic E-state index is -1.16. The van der Waals surface area contributed by atoms with Crippen LogP contribution in [-0.2, 0) is 19.1 Å². The molecule has 0 aromatic rings. The molecule has 98 valence electrons. The molecule has 17 heavy (non-hydrogen) atoms. The summed E-state index contributed by atoms with van der Waals surface area (Å²) in [7, 11) is 1.29. The molecular formula is C13H22O4. The predicted molar refractivity (Wildman–Crippen MR) is 65.4 cm³/mol. The Balaban J connectivity index is 4.95. The van der Waals surface area contributed by atoms with Gasteiger partial charge < -0.3 is 9.47 Å². The van der Waals surface area contributed by atoms with Crippen molar-refractivity contribution in [1.82, 2.24) is 0 Å². The highest BCUT2D eigenvalue weighted by Gasteiger charge is 2.46. The summed E-state index contributed by atoms with van der Waals surface area (Å²) in [6.07, 6.45) is 4.02. The van der Waals surface area contributed by atoms with Gasteiger partial charge in [0.2, 0.25) is 0 Å². The van der Waals surface area contributed by atoms with Gasteiger partial charge in [-0.3, -0.25) is 9.59 Å². The van der Waals surface area contributed by atoms with E-state index in [1.54, 1.807) is 6.92 Å². The average molecular weight is 242 g/mol. The van der Waals surface area contributed by atoms with Gasteiger partial charge in [-0.1, -0.05) is 39.3 Å². The lowest BCUT2D eigenvalue weighted by molar-refractivity contribution is -0.171. The lowest BCUT2D eigenvalue weighted by Crippen LogP contribution is -2.41. The molecule has 0 heterocycles. The van der Waals surface area contributed by atoms with Crippen LogP contribution >= 0.6 is 0 Å². The van der Waals surface area contributed by atoms with Gasteiger partial charge in [-0.15, -0.1) is 0 Å². The van der Waals surface area contributed by atoms with Crippen molar-refractivity contribution in [2.75, 3.05) is 13.7 Å². The number of hydrogen-bond acceptors (Lipinski definition) is 4. The summed E-state index contributed by atoms with van der Waals surface area (Å²) in [4.78, 5) is 23.8. The van der Waals surface area contributed by atoms with E-state index in [0.717, 1.165) is 12.8 Å². The summed E-state index contributed by atoms with van der Waals surface area (Å²) >= 11 is 0. The molecule has 1 unspecified atom stereocenters. The van der Waals surface area contributed by atoms with Gasteiger partial charge in [0.25, 0.3) is 0 Å². The molecular weight excluding hydrogens is 220 g/mol. The molecule has 0 rings (SSSR count). The molecule has 0 aromatic carbocycles. The van der Waals surface area contributed by atoms with E-state index in [9.17, 15) is 9.59 Å². The van der Waals surface area contributed by atoms with Crippen molar-refractivity contribution < 1.29 is 19.1 Å². The molecule has 0 fully saturated rings. The van der Waals surface area contributed by atoms with Crippen molar-refractivity contribution in [2.24, 2.45) is 5.41 Å². The Morgan fingerprint density at radius 1 is 1.29 bits per heavy atom. The molecule has 0 saturated heterocycles. The molecule has 1 atom stereocenters. The van der Waals surface area contributed by atoms with Crippen molar-refractivity contribution in [2.45, 2.75) is 39.5 Å². The van der Waals surface area contributed by atoms with Crippen LogP contribution in [0.15, 0.2) is 12.7 Å². The molecule has 0 bridgehead atoms. The van der Waals surface area contributed by atoms with Gasteiger partial charge in [0.05, 0.1) is 7.11 Å². The summed E-state index contributed by atoms with van der Waals surface area (Å²) < 4.78 is 9.75. The van der Waals surface area contributed by atoms with Crippen LogP contribution in [-0.4, -0.2) is 25.7 Å². The van der Waals surface area contributed by atoms with Crippen LogP contribution in [0.25, 0.3) is 0 Å². The number of unbranched alkanes of at least 4 members (excludes halogenated alkanes) is 1. The van der Waals surface area contributed by atoms with Crippen molar-refractivity contribution in [3.05, 3.63) is 12.7 Å². The van der Waals surface area contributed by atoms with Crippen LogP contribution < -0.4 is 0 Å². The number of ether oxygens (including phenoxy) is 2. The normalized spacial score (nSPS) is 13.6. The van der Waals surface area contributed by atoms with Crippen LogP contribution in [0.5, 0.6) is 0 Å². The minimum absolute atomic E-state index is 0.115. The Morgan fingerprint density at radius 2 is 1.94 bits per heavy atom. The Bertz CT molecular complexity index is 273. The third kappa shape index (κ3) is 3.88. The first kappa shape index (κ1) is 15.7. The highest BCUT2D eigenvalue weighted by atomic mass is 16.6. The third-order valence-corrected chi connectivity index (χ3v) is 2.86. The van der Waals surface area contributed by atoms with E-state index < -0.39 is 17.4 Å². The fourth-order valence-electron chi connectivity index (χ4n) is 1.70. The molecule has 0 N–H and O–H groups in total. The van der Waals surface area contributed by atoms with Crippen LogP contribution in [0.1, 0.15) is 39.5 Å². The zero-order chi connectivity index (χ0) is 13.3. The quantitative estimate of drug-likeness (QED) is 0.373. The highest BCUT2D eigenvalue weighted by Crippen LogP contribution is 2.32.